The Morgan fingerprint density at radius 3 is 2.58 bits per heavy atom. The van der Waals surface area contributed by atoms with Gasteiger partial charge in [-0.3, -0.25) is 4.99 Å². The van der Waals surface area contributed by atoms with E-state index in [0.29, 0.717) is 25.7 Å². The van der Waals surface area contributed by atoms with Crippen molar-refractivity contribution in [2.75, 3.05) is 25.1 Å². The maximum atomic E-state index is 9.27. The van der Waals surface area contributed by atoms with Crippen LogP contribution < -0.4 is 20.5 Å². The third-order valence-electron chi connectivity index (χ3n) is 3.86. The molecule has 0 radical (unpaired) electrons. The predicted molar refractivity (Wildman–Crippen MR) is 114 cm³/mol. The van der Waals surface area contributed by atoms with Crippen LogP contribution in [0.2, 0.25) is 0 Å². The molecule has 4 N–H and O–H groups in total. The molecule has 0 spiro atoms. The highest BCUT2D eigenvalue weighted by Crippen LogP contribution is 2.32. The molecule has 140 valence electrons. The van der Waals surface area contributed by atoms with Crippen LogP contribution in [0.15, 0.2) is 47.5 Å². The summed E-state index contributed by atoms with van der Waals surface area (Å²) in [6, 6.07) is 12.9. The first-order valence-electron chi connectivity index (χ1n) is 8.45. The number of nitrogens with one attached hydrogen (secondary N) is 1. The van der Waals surface area contributed by atoms with Crippen molar-refractivity contribution in [3.63, 3.8) is 0 Å². The molecule has 6 nitrogen and oxygen atoms in total. The van der Waals surface area contributed by atoms with Crippen molar-refractivity contribution in [1.29, 1.82) is 0 Å². The molecule has 3 rings (SSSR count). The summed E-state index contributed by atoms with van der Waals surface area (Å²) in [5.41, 5.74) is 7.94. The van der Waals surface area contributed by atoms with E-state index in [1.165, 1.54) is 5.56 Å². The van der Waals surface area contributed by atoms with E-state index in [4.69, 9.17) is 15.2 Å². The summed E-state index contributed by atoms with van der Waals surface area (Å²) in [6.45, 7) is 1.95. The molecule has 0 atom stereocenters. The zero-order valence-corrected chi connectivity index (χ0v) is 16.8. The van der Waals surface area contributed by atoms with Gasteiger partial charge in [0, 0.05) is 24.7 Å². The maximum Gasteiger partial charge on any atom is 0.193 e. The topological polar surface area (TPSA) is 89.1 Å². The van der Waals surface area contributed by atoms with E-state index in [1.807, 2.05) is 30.3 Å². The van der Waals surface area contributed by atoms with Crippen LogP contribution in [0.4, 0.5) is 5.69 Å². The normalized spacial score (nSPS) is 13.5. The monoisotopic (exact) mass is 469 g/mol. The van der Waals surface area contributed by atoms with Crippen molar-refractivity contribution in [3.8, 4) is 17.2 Å². The fourth-order valence-corrected chi connectivity index (χ4v) is 2.57. The molecule has 1 heterocycles. The first-order chi connectivity index (χ1) is 12.2. The molecule has 0 saturated carbocycles. The average molecular weight is 469 g/mol. The highest BCUT2D eigenvalue weighted by atomic mass is 127. The predicted octanol–water partition coefficient (Wildman–Crippen LogP) is 3.53. The lowest BCUT2D eigenvalue weighted by Gasteiger charge is -2.10. The van der Waals surface area contributed by atoms with Crippen LogP contribution >= 0.6 is 24.0 Å². The second-order valence-corrected chi connectivity index (χ2v) is 5.87. The van der Waals surface area contributed by atoms with Gasteiger partial charge in [0.15, 0.2) is 17.5 Å². The van der Waals surface area contributed by atoms with E-state index >= 15 is 0 Å². The largest absolute Gasteiger partial charge is 0.508 e. The fraction of sp³-hybridized carbons (Fsp3) is 0.316. The Morgan fingerprint density at radius 2 is 1.81 bits per heavy atom. The van der Waals surface area contributed by atoms with E-state index in [-0.39, 0.29) is 29.7 Å². The third-order valence-corrected chi connectivity index (χ3v) is 3.86. The molecule has 2 aromatic rings. The van der Waals surface area contributed by atoms with Gasteiger partial charge >= 0.3 is 0 Å². The Kier molecular flexibility index (Phi) is 7.83. The van der Waals surface area contributed by atoms with Crippen molar-refractivity contribution >= 4 is 35.6 Å². The van der Waals surface area contributed by atoms with Crippen molar-refractivity contribution in [3.05, 3.63) is 48.0 Å². The van der Waals surface area contributed by atoms with Crippen LogP contribution in [-0.4, -0.2) is 30.8 Å². The van der Waals surface area contributed by atoms with Crippen molar-refractivity contribution in [2.45, 2.75) is 19.3 Å². The number of aryl methyl sites for hydroxylation is 1. The average Bonchev–Trinajstić information content (AvgIpc) is 2.85. The summed E-state index contributed by atoms with van der Waals surface area (Å²) in [5.74, 6) is 2.14. The minimum absolute atomic E-state index is 0. The lowest BCUT2D eigenvalue weighted by atomic mass is 10.1. The molecule has 2 aromatic carbocycles. The lowest BCUT2D eigenvalue weighted by Crippen LogP contribution is -2.22. The van der Waals surface area contributed by atoms with E-state index in [1.54, 1.807) is 12.1 Å². The van der Waals surface area contributed by atoms with Gasteiger partial charge in [-0.15, -0.1) is 24.0 Å². The van der Waals surface area contributed by atoms with Gasteiger partial charge in [0.1, 0.15) is 5.75 Å². The van der Waals surface area contributed by atoms with E-state index in [0.717, 1.165) is 36.4 Å². The standard InChI is InChI=1S/C19H23N3O3.HI/c20-19(21-10-1-3-14-4-7-16(23)8-5-14)22-15-6-9-17-18(13-15)25-12-2-11-24-17;/h4-9,13,23H,1-3,10-12H2,(H3,20,21,22);1H. The number of phenols is 1. The number of nitrogens with zero attached hydrogens (tertiary/aromatic N) is 1. The molecule has 0 aromatic heterocycles. The molecule has 0 aliphatic carbocycles. The van der Waals surface area contributed by atoms with Crippen molar-refractivity contribution in [1.82, 2.24) is 0 Å². The second kappa shape index (κ2) is 10.1. The fourth-order valence-electron chi connectivity index (χ4n) is 2.57. The number of anilines is 1. The van der Waals surface area contributed by atoms with Crippen LogP contribution in [0.3, 0.4) is 0 Å². The van der Waals surface area contributed by atoms with E-state index < -0.39 is 0 Å². The first-order valence-corrected chi connectivity index (χ1v) is 8.45. The van der Waals surface area contributed by atoms with E-state index in [9.17, 15) is 5.11 Å². The van der Waals surface area contributed by atoms with Crippen LogP contribution in [0.1, 0.15) is 18.4 Å². The number of aliphatic imine (C=N–C) groups is 1. The van der Waals surface area contributed by atoms with Crippen LogP contribution in [0.25, 0.3) is 0 Å². The number of guanidine groups is 1. The molecular formula is C19H24IN3O3. The Balaban J connectivity index is 0.00000243. The quantitative estimate of drug-likeness (QED) is 0.270. The Hall–Kier alpha value is -2.16. The number of phenolic OH excluding ortho intramolecular Hbond substituents is 1. The van der Waals surface area contributed by atoms with Crippen LogP contribution in [-0.2, 0) is 6.42 Å². The van der Waals surface area contributed by atoms with Gasteiger partial charge in [0.25, 0.3) is 0 Å². The molecular weight excluding hydrogens is 445 g/mol. The summed E-state index contributed by atoms with van der Waals surface area (Å²) in [7, 11) is 0. The SMILES string of the molecule is I.NC(=NCCCc1ccc(O)cc1)Nc1ccc2c(c1)OCCCO2. The first kappa shape index (κ1) is 20.2. The smallest absolute Gasteiger partial charge is 0.193 e. The Labute approximate surface area is 170 Å². The molecule has 1 aliphatic heterocycles. The zero-order valence-electron chi connectivity index (χ0n) is 14.5. The van der Waals surface area contributed by atoms with Crippen molar-refractivity contribution < 1.29 is 14.6 Å². The Morgan fingerprint density at radius 1 is 1.08 bits per heavy atom. The minimum Gasteiger partial charge on any atom is -0.508 e. The van der Waals surface area contributed by atoms with Gasteiger partial charge in [-0.2, -0.15) is 0 Å². The molecule has 0 bridgehead atoms. The van der Waals surface area contributed by atoms with Gasteiger partial charge in [-0.25, -0.2) is 0 Å². The summed E-state index contributed by atoms with van der Waals surface area (Å²) in [4.78, 5) is 4.34. The molecule has 1 aliphatic rings. The van der Waals surface area contributed by atoms with Crippen molar-refractivity contribution in [2.24, 2.45) is 10.7 Å². The number of hydrogen-bond donors (Lipinski definition) is 3. The summed E-state index contributed by atoms with van der Waals surface area (Å²) in [5, 5.41) is 12.3. The van der Waals surface area contributed by atoms with Crippen LogP contribution in [0.5, 0.6) is 17.2 Å². The third kappa shape index (κ3) is 5.98. The van der Waals surface area contributed by atoms with Gasteiger partial charge in [0.2, 0.25) is 0 Å². The lowest BCUT2D eigenvalue weighted by molar-refractivity contribution is 0.297. The number of hydrogen-bond acceptors (Lipinski definition) is 4. The molecule has 26 heavy (non-hydrogen) atoms. The zero-order chi connectivity index (χ0) is 17.5. The number of ether oxygens (including phenoxy) is 2. The molecule has 0 fully saturated rings. The number of aromatic hydroxyl groups is 1. The van der Waals surface area contributed by atoms with E-state index in [2.05, 4.69) is 10.3 Å². The molecule has 0 amide bonds. The highest BCUT2D eigenvalue weighted by molar-refractivity contribution is 14.0. The number of benzene rings is 2. The van der Waals surface area contributed by atoms with Gasteiger partial charge in [0.05, 0.1) is 13.2 Å². The summed E-state index contributed by atoms with van der Waals surface area (Å²) >= 11 is 0. The van der Waals surface area contributed by atoms with Gasteiger partial charge < -0.3 is 25.6 Å². The van der Waals surface area contributed by atoms with Crippen LogP contribution in [0, 0.1) is 0 Å². The number of fused-ring (bicyclic) bond motifs is 1. The minimum atomic E-state index is 0. The van der Waals surface area contributed by atoms with Gasteiger partial charge in [-0.05, 0) is 42.7 Å². The number of nitrogens with two attached hydrogens (primary N) is 1. The summed E-state index contributed by atoms with van der Waals surface area (Å²) < 4.78 is 11.3. The highest BCUT2D eigenvalue weighted by Gasteiger charge is 2.10. The summed E-state index contributed by atoms with van der Waals surface area (Å²) in [6.07, 6.45) is 2.65. The number of halogens is 1. The molecule has 0 unspecified atom stereocenters. The maximum absolute atomic E-state index is 9.27. The molecule has 7 heteroatoms. The number of rotatable bonds is 5. The van der Waals surface area contributed by atoms with Gasteiger partial charge in [-0.1, -0.05) is 12.1 Å². The molecule has 0 saturated heterocycles. The second-order valence-electron chi connectivity index (χ2n) is 5.87. The Bertz CT molecular complexity index is 735.